The zero-order valence-electron chi connectivity index (χ0n) is 13.8. The average Bonchev–Trinajstić information content (AvgIpc) is 3.30. The van der Waals surface area contributed by atoms with Crippen molar-refractivity contribution >= 4 is 0 Å². The molecule has 0 spiro atoms. The fraction of sp³-hybridized carbons (Fsp3) is 0.444. The third-order valence-electron chi connectivity index (χ3n) is 4.29. The van der Waals surface area contributed by atoms with E-state index in [1.165, 1.54) is 0 Å². The highest BCUT2D eigenvalue weighted by atomic mass is 16.5. The molecule has 1 aliphatic carbocycles. The quantitative estimate of drug-likeness (QED) is 0.916. The molecule has 120 valence electrons. The van der Waals surface area contributed by atoms with Crippen LogP contribution in [0.2, 0.25) is 0 Å². The zero-order chi connectivity index (χ0) is 16.6. The van der Waals surface area contributed by atoms with Gasteiger partial charge in [0.2, 0.25) is 0 Å². The molecule has 2 aromatic rings. The Morgan fingerprint density at radius 2 is 2.00 bits per heavy atom. The van der Waals surface area contributed by atoms with Gasteiger partial charge in [-0.15, -0.1) is 0 Å². The molecule has 0 unspecified atom stereocenters. The van der Waals surface area contributed by atoms with E-state index in [1.807, 2.05) is 37.6 Å². The molecule has 23 heavy (non-hydrogen) atoms. The monoisotopic (exact) mass is 311 g/mol. The van der Waals surface area contributed by atoms with E-state index in [-0.39, 0.29) is 6.61 Å². The highest BCUT2D eigenvalue weighted by molar-refractivity contribution is 5.50. The summed E-state index contributed by atoms with van der Waals surface area (Å²) in [5.74, 6) is 1.80. The maximum absolute atomic E-state index is 9.73. The van der Waals surface area contributed by atoms with Gasteiger partial charge in [-0.1, -0.05) is 0 Å². The Labute approximate surface area is 136 Å². The highest BCUT2D eigenvalue weighted by Crippen LogP contribution is 2.46. The molecule has 3 rings (SSSR count). The van der Waals surface area contributed by atoms with Gasteiger partial charge in [-0.25, -0.2) is 0 Å². The van der Waals surface area contributed by atoms with Crippen molar-refractivity contribution < 1.29 is 9.84 Å². The van der Waals surface area contributed by atoms with Gasteiger partial charge < -0.3 is 9.84 Å². The van der Waals surface area contributed by atoms with Crippen LogP contribution in [0.3, 0.4) is 0 Å². The molecule has 1 aromatic carbocycles. The first-order chi connectivity index (χ1) is 11.1. The summed E-state index contributed by atoms with van der Waals surface area (Å²) in [6.07, 6.45) is 2.24. The molecule has 0 atom stereocenters. The summed E-state index contributed by atoms with van der Waals surface area (Å²) >= 11 is 0. The van der Waals surface area contributed by atoms with Crippen molar-refractivity contribution in [1.29, 1.82) is 5.26 Å². The van der Waals surface area contributed by atoms with E-state index in [0.29, 0.717) is 35.2 Å². The van der Waals surface area contributed by atoms with Crippen LogP contribution in [0.15, 0.2) is 12.1 Å². The van der Waals surface area contributed by atoms with Gasteiger partial charge in [-0.3, -0.25) is 4.68 Å². The maximum Gasteiger partial charge on any atom is 0.174 e. The van der Waals surface area contributed by atoms with E-state index in [2.05, 4.69) is 11.2 Å². The number of hydrogen-bond acceptors (Lipinski definition) is 4. The second kappa shape index (κ2) is 6.05. The number of nitriles is 1. The van der Waals surface area contributed by atoms with E-state index in [1.54, 1.807) is 0 Å². The predicted molar refractivity (Wildman–Crippen MR) is 86.5 cm³/mol. The normalized spacial score (nSPS) is 13.9. The van der Waals surface area contributed by atoms with Crippen LogP contribution in [0.25, 0.3) is 0 Å². The summed E-state index contributed by atoms with van der Waals surface area (Å²) in [4.78, 5) is 0. The minimum atomic E-state index is -0.100. The molecule has 5 nitrogen and oxygen atoms in total. The third-order valence-corrected chi connectivity index (χ3v) is 4.29. The van der Waals surface area contributed by atoms with Crippen molar-refractivity contribution in [2.75, 3.05) is 0 Å². The summed E-state index contributed by atoms with van der Waals surface area (Å²) in [5.41, 5.74) is 4.13. The number of aliphatic hydroxyl groups excluding tert-OH is 1. The summed E-state index contributed by atoms with van der Waals surface area (Å²) in [7, 11) is 0. The topological polar surface area (TPSA) is 71.1 Å². The molecule has 5 heteroatoms. The Balaban J connectivity index is 2.03. The third kappa shape index (κ3) is 2.82. The smallest absolute Gasteiger partial charge is 0.174 e. The molecule has 1 saturated carbocycles. The molecule has 0 aliphatic heterocycles. The van der Waals surface area contributed by atoms with Gasteiger partial charge in [0, 0.05) is 12.5 Å². The second-order valence-electron chi connectivity index (χ2n) is 6.06. The van der Waals surface area contributed by atoms with Gasteiger partial charge in [-0.2, -0.15) is 10.4 Å². The first-order valence-corrected chi connectivity index (χ1v) is 7.98. The van der Waals surface area contributed by atoms with Gasteiger partial charge in [0.05, 0.1) is 18.2 Å². The molecule has 0 amide bonds. The van der Waals surface area contributed by atoms with Crippen molar-refractivity contribution in [3.8, 4) is 17.6 Å². The molecular weight excluding hydrogens is 290 g/mol. The Morgan fingerprint density at radius 1 is 1.35 bits per heavy atom. The fourth-order valence-corrected chi connectivity index (χ4v) is 2.93. The average molecular weight is 311 g/mol. The number of aromatic nitrogens is 2. The van der Waals surface area contributed by atoms with Gasteiger partial charge in [0.15, 0.2) is 5.75 Å². The molecule has 0 bridgehead atoms. The van der Waals surface area contributed by atoms with Crippen LogP contribution in [0, 0.1) is 25.2 Å². The summed E-state index contributed by atoms with van der Waals surface area (Å²) in [6.45, 7) is 6.41. The van der Waals surface area contributed by atoms with Crippen molar-refractivity contribution in [3.05, 3.63) is 40.2 Å². The highest BCUT2D eigenvalue weighted by Gasteiger charge is 2.33. The molecule has 1 aliphatic rings. The van der Waals surface area contributed by atoms with Crippen molar-refractivity contribution in [3.63, 3.8) is 0 Å². The van der Waals surface area contributed by atoms with Gasteiger partial charge >= 0.3 is 0 Å². The van der Waals surface area contributed by atoms with Crippen molar-refractivity contribution in [1.82, 2.24) is 9.78 Å². The minimum Gasteiger partial charge on any atom is -0.453 e. The first-order valence-electron chi connectivity index (χ1n) is 7.98. The van der Waals surface area contributed by atoms with Crippen LogP contribution in [0.5, 0.6) is 11.5 Å². The molecule has 1 aromatic heterocycles. The van der Waals surface area contributed by atoms with Crippen molar-refractivity contribution in [2.45, 2.75) is 52.7 Å². The number of rotatable bonds is 5. The van der Waals surface area contributed by atoms with Crippen LogP contribution in [-0.2, 0) is 13.2 Å². The van der Waals surface area contributed by atoms with E-state index in [9.17, 15) is 10.4 Å². The van der Waals surface area contributed by atoms with Crippen LogP contribution in [-0.4, -0.2) is 14.9 Å². The number of aliphatic hydroxyl groups is 1. The largest absolute Gasteiger partial charge is 0.453 e. The van der Waals surface area contributed by atoms with Crippen LogP contribution < -0.4 is 4.74 Å². The SMILES string of the molecule is CCn1nc(C2CC2)c(Oc2cc(C)c(C#N)c(C)c2)c1CO. The lowest BCUT2D eigenvalue weighted by Crippen LogP contribution is -2.03. The van der Waals surface area contributed by atoms with E-state index in [4.69, 9.17) is 4.74 Å². The molecule has 1 fully saturated rings. The maximum atomic E-state index is 9.73. The Kier molecular flexibility index (Phi) is 4.10. The summed E-state index contributed by atoms with van der Waals surface area (Å²) in [5, 5.41) is 23.5. The standard InChI is InChI=1S/C18H21N3O2/c1-4-21-16(10-22)18(17(20-21)13-5-6-13)23-14-7-11(2)15(9-19)12(3)8-14/h7-8,13,22H,4-6,10H2,1-3H3. The van der Waals surface area contributed by atoms with Crippen LogP contribution in [0.4, 0.5) is 0 Å². The van der Waals surface area contributed by atoms with Gasteiger partial charge in [0.1, 0.15) is 17.1 Å². The Bertz CT molecular complexity index is 759. The van der Waals surface area contributed by atoms with E-state index >= 15 is 0 Å². The minimum absolute atomic E-state index is 0.100. The Morgan fingerprint density at radius 3 is 2.48 bits per heavy atom. The molecule has 1 N–H and O–H groups in total. The van der Waals surface area contributed by atoms with Crippen molar-refractivity contribution in [2.24, 2.45) is 0 Å². The second-order valence-corrected chi connectivity index (χ2v) is 6.06. The van der Waals surface area contributed by atoms with Crippen LogP contribution >= 0.6 is 0 Å². The number of nitrogens with zero attached hydrogens (tertiary/aromatic N) is 3. The molecule has 1 heterocycles. The van der Waals surface area contributed by atoms with E-state index in [0.717, 1.165) is 29.7 Å². The Hall–Kier alpha value is -2.32. The number of hydrogen-bond donors (Lipinski definition) is 1. The molecule has 0 saturated heterocycles. The van der Waals surface area contributed by atoms with Gasteiger partial charge in [0.25, 0.3) is 0 Å². The van der Waals surface area contributed by atoms with Gasteiger partial charge in [-0.05, 0) is 56.9 Å². The predicted octanol–water partition coefficient (Wildman–Crippen LogP) is 3.55. The molecule has 0 radical (unpaired) electrons. The molecular formula is C18H21N3O2. The lowest BCUT2D eigenvalue weighted by Gasteiger charge is -2.11. The summed E-state index contributed by atoms with van der Waals surface area (Å²) in [6, 6.07) is 5.95. The number of aryl methyl sites for hydroxylation is 3. The first kappa shape index (κ1) is 15.6. The zero-order valence-corrected chi connectivity index (χ0v) is 13.8. The lowest BCUT2D eigenvalue weighted by molar-refractivity contribution is 0.263. The fourth-order valence-electron chi connectivity index (χ4n) is 2.93. The number of benzene rings is 1. The van der Waals surface area contributed by atoms with E-state index < -0.39 is 0 Å². The lowest BCUT2D eigenvalue weighted by atomic mass is 10.0. The van der Waals surface area contributed by atoms with Crippen LogP contribution in [0.1, 0.15) is 53.8 Å². The summed E-state index contributed by atoms with van der Waals surface area (Å²) < 4.78 is 7.94. The number of ether oxygens (including phenoxy) is 1.